The van der Waals surface area contributed by atoms with Gasteiger partial charge in [0, 0.05) is 0 Å². The van der Waals surface area contributed by atoms with Crippen molar-refractivity contribution in [2.45, 2.75) is 26.4 Å². The Morgan fingerprint density at radius 1 is 0.913 bits per heavy atom. The SMILES string of the molecule is CCCCOC(=O)COc1ccc(OCc2ccccc2)cc1. The van der Waals surface area contributed by atoms with Crippen LogP contribution in [0.5, 0.6) is 11.5 Å². The van der Waals surface area contributed by atoms with E-state index >= 15 is 0 Å². The van der Waals surface area contributed by atoms with Crippen LogP contribution >= 0.6 is 0 Å². The van der Waals surface area contributed by atoms with Crippen molar-refractivity contribution in [1.29, 1.82) is 0 Å². The van der Waals surface area contributed by atoms with Crippen LogP contribution in [-0.2, 0) is 16.1 Å². The van der Waals surface area contributed by atoms with Gasteiger partial charge in [-0.3, -0.25) is 0 Å². The van der Waals surface area contributed by atoms with E-state index in [-0.39, 0.29) is 12.6 Å². The first-order chi connectivity index (χ1) is 11.3. The summed E-state index contributed by atoms with van der Waals surface area (Å²) in [5, 5.41) is 0. The number of ether oxygens (including phenoxy) is 3. The van der Waals surface area contributed by atoms with E-state index in [1.54, 1.807) is 12.1 Å². The van der Waals surface area contributed by atoms with Gasteiger partial charge >= 0.3 is 5.97 Å². The van der Waals surface area contributed by atoms with Crippen molar-refractivity contribution >= 4 is 5.97 Å². The zero-order valence-electron chi connectivity index (χ0n) is 13.4. The van der Waals surface area contributed by atoms with Crippen LogP contribution < -0.4 is 9.47 Å². The lowest BCUT2D eigenvalue weighted by molar-refractivity contribution is -0.146. The molecule has 0 amide bonds. The van der Waals surface area contributed by atoms with Crippen LogP contribution in [0.15, 0.2) is 54.6 Å². The van der Waals surface area contributed by atoms with E-state index in [4.69, 9.17) is 14.2 Å². The molecule has 0 aromatic heterocycles. The average molecular weight is 314 g/mol. The predicted molar refractivity (Wildman–Crippen MR) is 88.6 cm³/mol. The Labute approximate surface area is 137 Å². The van der Waals surface area contributed by atoms with E-state index in [0.717, 1.165) is 24.2 Å². The van der Waals surface area contributed by atoms with Crippen LogP contribution in [0.2, 0.25) is 0 Å². The smallest absolute Gasteiger partial charge is 0.344 e. The highest BCUT2D eigenvalue weighted by Gasteiger charge is 2.04. The standard InChI is InChI=1S/C19H22O4/c1-2-3-13-21-19(20)15-23-18-11-9-17(10-12-18)22-14-16-7-5-4-6-8-16/h4-12H,2-3,13-15H2,1H3. The van der Waals surface area contributed by atoms with Crippen LogP contribution in [-0.4, -0.2) is 19.2 Å². The second-order valence-corrected chi connectivity index (χ2v) is 5.11. The molecular weight excluding hydrogens is 292 g/mol. The molecule has 0 unspecified atom stereocenters. The molecule has 2 aromatic carbocycles. The van der Waals surface area contributed by atoms with Gasteiger partial charge in [-0.2, -0.15) is 0 Å². The molecule has 0 saturated heterocycles. The second-order valence-electron chi connectivity index (χ2n) is 5.11. The molecule has 0 aliphatic heterocycles. The fraction of sp³-hybridized carbons (Fsp3) is 0.316. The van der Waals surface area contributed by atoms with Gasteiger partial charge in [0.05, 0.1) is 6.61 Å². The third kappa shape index (κ3) is 6.43. The van der Waals surface area contributed by atoms with Crippen LogP contribution in [0.1, 0.15) is 25.3 Å². The fourth-order valence-corrected chi connectivity index (χ4v) is 1.89. The number of hydrogen-bond donors (Lipinski definition) is 0. The molecule has 0 heterocycles. The summed E-state index contributed by atoms with van der Waals surface area (Å²) in [4.78, 5) is 11.4. The first-order valence-electron chi connectivity index (χ1n) is 7.83. The number of hydrogen-bond acceptors (Lipinski definition) is 4. The summed E-state index contributed by atoms with van der Waals surface area (Å²) in [6, 6.07) is 17.2. The maximum Gasteiger partial charge on any atom is 0.344 e. The number of unbranched alkanes of at least 4 members (excludes halogenated alkanes) is 1. The third-order valence-electron chi connectivity index (χ3n) is 3.19. The Morgan fingerprint density at radius 3 is 2.22 bits per heavy atom. The average Bonchev–Trinajstić information content (AvgIpc) is 2.60. The van der Waals surface area contributed by atoms with E-state index in [0.29, 0.717) is 19.0 Å². The summed E-state index contributed by atoms with van der Waals surface area (Å²) in [7, 11) is 0. The van der Waals surface area contributed by atoms with Gasteiger partial charge in [0.15, 0.2) is 6.61 Å². The van der Waals surface area contributed by atoms with Crippen molar-refractivity contribution in [2.24, 2.45) is 0 Å². The van der Waals surface area contributed by atoms with Crippen molar-refractivity contribution in [1.82, 2.24) is 0 Å². The molecule has 0 bridgehead atoms. The number of rotatable bonds is 9. The Bertz CT molecular complexity index is 578. The molecule has 0 N–H and O–H groups in total. The molecule has 4 nitrogen and oxygen atoms in total. The molecule has 0 radical (unpaired) electrons. The lowest BCUT2D eigenvalue weighted by Gasteiger charge is -2.09. The number of benzene rings is 2. The van der Waals surface area contributed by atoms with Gasteiger partial charge in [0.25, 0.3) is 0 Å². The van der Waals surface area contributed by atoms with Crippen LogP contribution in [0.3, 0.4) is 0 Å². The van der Waals surface area contributed by atoms with Crippen molar-refractivity contribution in [3.05, 3.63) is 60.2 Å². The summed E-state index contributed by atoms with van der Waals surface area (Å²) in [5.41, 5.74) is 1.11. The lowest BCUT2D eigenvalue weighted by Crippen LogP contribution is -2.15. The summed E-state index contributed by atoms with van der Waals surface area (Å²) < 4.78 is 16.1. The first kappa shape index (κ1) is 16.9. The lowest BCUT2D eigenvalue weighted by atomic mass is 10.2. The highest BCUT2D eigenvalue weighted by molar-refractivity contribution is 5.71. The molecule has 0 aliphatic carbocycles. The predicted octanol–water partition coefficient (Wildman–Crippen LogP) is 3.99. The van der Waals surface area contributed by atoms with Gasteiger partial charge in [-0.05, 0) is 36.2 Å². The monoisotopic (exact) mass is 314 g/mol. The molecule has 122 valence electrons. The van der Waals surface area contributed by atoms with E-state index in [1.807, 2.05) is 49.4 Å². The molecule has 2 aromatic rings. The molecular formula is C19H22O4. The summed E-state index contributed by atoms with van der Waals surface area (Å²) >= 11 is 0. The topological polar surface area (TPSA) is 44.8 Å². The summed E-state index contributed by atoms with van der Waals surface area (Å²) in [6.07, 6.45) is 1.87. The van der Waals surface area contributed by atoms with Crippen LogP contribution in [0.25, 0.3) is 0 Å². The molecule has 4 heteroatoms. The Morgan fingerprint density at radius 2 is 1.57 bits per heavy atom. The number of carbonyl (C=O) groups is 1. The van der Waals surface area contributed by atoms with Gasteiger partial charge in [0.2, 0.25) is 0 Å². The minimum atomic E-state index is -0.345. The van der Waals surface area contributed by atoms with Gasteiger partial charge in [-0.25, -0.2) is 4.79 Å². The van der Waals surface area contributed by atoms with E-state index in [1.165, 1.54) is 0 Å². The highest BCUT2D eigenvalue weighted by atomic mass is 16.6. The summed E-state index contributed by atoms with van der Waals surface area (Å²) in [6.45, 7) is 2.94. The van der Waals surface area contributed by atoms with Crippen molar-refractivity contribution in [3.63, 3.8) is 0 Å². The Hall–Kier alpha value is -2.49. The third-order valence-corrected chi connectivity index (χ3v) is 3.19. The quantitative estimate of drug-likeness (QED) is 0.518. The van der Waals surface area contributed by atoms with Crippen molar-refractivity contribution in [2.75, 3.05) is 13.2 Å². The fourth-order valence-electron chi connectivity index (χ4n) is 1.89. The summed E-state index contributed by atoms with van der Waals surface area (Å²) in [5.74, 6) is 1.03. The van der Waals surface area contributed by atoms with Crippen LogP contribution in [0.4, 0.5) is 0 Å². The molecule has 2 rings (SSSR count). The maximum absolute atomic E-state index is 11.4. The molecule has 0 spiro atoms. The number of esters is 1. The van der Waals surface area contributed by atoms with E-state index < -0.39 is 0 Å². The largest absolute Gasteiger partial charge is 0.489 e. The van der Waals surface area contributed by atoms with Gasteiger partial charge in [-0.1, -0.05) is 43.7 Å². The Kier molecular flexibility index (Phi) is 6.98. The molecule has 0 saturated carbocycles. The second kappa shape index (κ2) is 9.51. The molecule has 23 heavy (non-hydrogen) atoms. The van der Waals surface area contributed by atoms with Gasteiger partial charge in [0.1, 0.15) is 18.1 Å². The normalized spacial score (nSPS) is 10.1. The Balaban J connectivity index is 1.72. The van der Waals surface area contributed by atoms with E-state index in [9.17, 15) is 4.79 Å². The zero-order valence-corrected chi connectivity index (χ0v) is 13.4. The van der Waals surface area contributed by atoms with Crippen molar-refractivity contribution in [3.8, 4) is 11.5 Å². The molecule has 0 aliphatic rings. The first-order valence-corrected chi connectivity index (χ1v) is 7.83. The van der Waals surface area contributed by atoms with Crippen molar-refractivity contribution < 1.29 is 19.0 Å². The minimum absolute atomic E-state index is 0.0755. The van der Waals surface area contributed by atoms with Gasteiger partial charge < -0.3 is 14.2 Å². The zero-order chi connectivity index (χ0) is 16.3. The molecule has 0 fully saturated rings. The van der Waals surface area contributed by atoms with Crippen LogP contribution in [0, 0.1) is 0 Å². The maximum atomic E-state index is 11.4. The van der Waals surface area contributed by atoms with E-state index in [2.05, 4.69) is 0 Å². The number of carbonyl (C=O) groups excluding carboxylic acids is 1. The molecule has 0 atom stereocenters. The van der Waals surface area contributed by atoms with Gasteiger partial charge in [-0.15, -0.1) is 0 Å². The highest BCUT2D eigenvalue weighted by Crippen LogP contribution is 2.18. The minimum Gasteiger partial charge on any atom is -0.489 e.